The van der Waals surface area contributed by atoms with Gasteiger partial charge in [0, 0.05) is 22.5 Å². The predicted molar refractivity (Wildman–Crippen MR) is 297 cm³/mol. The second-order valence-electron chi connectivity index (χ2n) is 19.4. The number of carbonyl (C=O) groups excluding carboxylic acids is 2. The van der Waals surface area contributed by atoms with E-state index in [9.17, 15) is 43.3 Å². The number of amides is 2. The molecule has 2 heterocycles. The summed E-state index contributed by atoms with van der Waals surface area (Å²) < 4.78 is 120. The van der Waals surface area contributed by atoms with E-state index >= 15 is 0 Å². The van der Waals surface area contributed by atoms with E-state index in [0.717, 1.165) is 68.7 Å². The second kappa shape index (κ2) is 27.3. The first-order valence-electron chi connectivity index (χ1n) is 24.5. The van der Waals surface area contributed by atoms with Crippen LogP contribution in [0.2, 0.25) is 0 Å². The number of benzene rings is 6. The topological polar surface area (TPSA) is 258 Å². The molecular formula is C56H66N2O14S4. The van der Waals surface area contributed by atoms with Crippen molar-refractivity contribution in [2.45, 2.75) is 79.3 Å². The molecule has 0 bridgehead atoms. The summed E-state index contributed by atoms with van der Waals surface area (Å²) in [5.41, 5.74) is 11.0. The lowest BCUT2D eigenvalue weighted by molar-refractivity contribution is 0.0989. The van der Waals surface area contributed by atoms with Crippen molar-refractivity contribution >= 4 is 63.7 Å². The molecule has 0 fully saturated rings. The Morgan fingerprint density at radius 1 is 0.368 bits per heavy atom. The molecule has 408 valence electrons. The third-order valence-electron chi connectivity index (χ3n) is 12.1. The van der Waals surface area contributed by atoms with E-state index in [-0.39, 0.29) is 47.7 Å². The predicted octanol–water partition coefficient (Wildman–Crippen LogP) is 9.19. The quantitative estimate of drug-likeness (QED) is 0.0585. The lowest BCUT2D eigenvalue weighted by Crippen LogP contribution is -2.22. The van der Waals surface area contributed by atoms with Crippen LogP contribution in [0, 0.1) is 11.8 Å². The van der Waals surface area contributed by atoms with Crippen molar-refractivity contribution in [1.82, 2.24) is 0 Å². The zero-order valence-corrected chi connectivity index (χ0v) is 46.2. The van der Waals surface area contributed by atoms with Crippen molar-refractivity contribution in [3.63, 3.8) is 0 Å². The minimum absolute atomic E-state index is 0.0266. The third-order valence-corrected chi connectivity index (χ3v) is 14.9. The fraction of sp³-hybridized carbons (Fsp3) is 0.321. The first-order chi connectivity index (χ1) is 35.6. The van der Waals surface area contributed by atoms with Crippen molar-refractivity contribution in [2.75, 3.05) is 32.8 Å². The summed E-state index contributed by atoms with van der Waals surface area (Å²) in [6, 6.07) is 45.0. The molecule has 0 aromatic heterocycles. The Bertz CT molecular complexity index is 3120. The molecule has 2 amide bonds. The van der Waals surface area contributed by atoms with Gasteiger partial charge < -0.3 is 9.80 Å². The largest absolute Gasteiger partial charge is 0.304 e. The molecule has 0 atom stereocenters. The highest BCUT2D eigenvalue weighted by Gasteiger charge is 2.29. The maximum Gasteiger partial charge on any atom is 0.265 e. The Morgan fingerprint density at radius 3 is 0.842 bits per heavy atom. The van der Waals surface area contributed by atoms with Gasteiger partial charge >= 0.3 is 0 Å². The normalized spacial score (nSPS) is 13.3. The maximum atomic E-state index is 12.4. The Kier molecular flexibility index (Phi) is 21.8. The Balaban J connectivity index is 0.000000190. The highest BCUT2D eigenvalue weighted by Crippen LogP contribution is 2.30. The summed E-state index contributed by atoms with van der Waals surface area (Å²) >= 11 is 0. The van der Waals surface area contributed by atoms with Crippen molar-refractivity contribution in [3.8, 4) is 0 Å². The standard InChI is InChI=1S/2C16H15NO4S.2C12H18O3S/c2*18-16-15-4-2-1-3-13(15)11-17(16)14-7-5-12(6-8-14)9-10-22(19,20)21;2*1-10(2)9-12-5-3-11(4-6-12)7-8-16(13,14)15/h2*1-8H,9-11H2,(H,19,20,21);2*3-6,10H,7-9H2,1-2H3,(H,13,14,15). The van der Waals surface area contributed by atoms with E-state index in [1.54, 1.807) is 58.3 Å². The highest BCUT2D eigenvalue weighted by atomic mass is 32.2. The van der Waals surface area contributed by atoms with Crippen molar-refractivity contribution in [1.29, 1.82) is 0 Å². The summed E-state index contributed by atoms with van der Waals surface area (Å²) in [4.78, 5) is 28.1. The summed E-state index contributed by atoms with van der Waals surface area (Å²) in [6.07, 6.45) is 3.26. The van der Waals surface area contributed by atoms with Crippen LogP contribution >= 0.6 is 0 Å². The van der Waals surface area contributed by atoms with Gasteiger partial charge in [-0.25, -0.2) is 0 Å². The molecule has 0 saturated carbocycles. The lowest BCUT2D eigenvalue weighted by atomic mass is 10.0. The molecule has 0 radical (unpaired) electrons. The van der Waals surface area contributed by atoms with Crippen molar-refractivity contribution in [3.05, 3.63) is 201 Å². The van der Waals surface area contributed by atoms with E-state index in [1.807, 2.05) is 97.1 Å². The summed E-state index contributed by atoms with van der Waals surface area (Å²) in [5.74, 6) is 0.142. The molecule has 0 spiro atoms. The van der Waals surface area contributed by atoms with Gasteiger partial charge in [0.05, 0.1) is 36.1 Å². The van der Waals surface area contributed by atoms with Crippen LogP contribution in [-0.4, -0.2) is 86.7 Å². The van der Waals surface area contributed by atoms with Gasteiger partial charge in [0.2, 0.25) is 0 Å². The van der Waals surface area contributed by atoms with Gasteiger partial charge in [-0.3, -0.25) is 27.8 Å². The van der Waals surface area contributed by atoms with Crippen LogP contribution in [0.4, 0.5) is 11.4 Å². The third kappa shape index (κ3) is 21.1. The molecule has 2 aliphatic heterocycles. The zero-order valence-electron chi connectivity index (χ0n) is 42.9. The molecule has 16 nitrogen and oxygen atoms in total. The van der Waals surface area contributed by atoms with E-state index in [0.29, 0.717) is 37.8 Å². The SMILES string of the molecule is CC(C)Cc1ccc(CCS(=O)(=O)O)cc1.CC(C)Cc1ccc(CCS(=O)(=O)O)cc1.O=C1c2ccccc2CN1c1ccc(CCS(=O)(=O)O)cc1.O=C1c2ccccc2CN1c1ccc(CCS(=O)(=O)O)cc1. The molecule has 6 aromatic rings. The smallest absolute Gasteiger partial charge is 0.265 e. The maximum absolute atomic E-state index is 12.4. The van der Waals surface area contributed by atoms with Gasteiger partial charge in [-0.15, -0.1) is 0 Å². The molecule has 0 unspecified atom stereocenters. The fourth-order valence-corrected chi connectivity index (χ4v) is 10.2. The van der Waals surface area contributed by atoms with Gasteiger partial charge in [-0.1, -0.05) is 137 Å². The van der Waals surface area contributed by atoms with Crippen LogP contribution in [-0.2, 0) is 92.1 Å². The number of hydrogen-bond acceptors (Lipinski definition) is 10. The van der Waals surface area contributed by atoms with Gasteiger partial charge in [0.1, 0.15) is 0 Å². The van der Waals surface area contributed by atoms with Crippen LogP contribution < -0.4 is 9.80 Å². The zero-order chi connectivity index (χ0) is 55.8. The summed E-state index contributed by atoms with van der Waals surface area (Å²) in [7, 11) is -15.6. The molecule has 20 heteroatoms. The molecule has 0 saturated heterocycles. The van der Waals surface area contributed by atoms with Gasteiger partial charge in [0.25, 0.3) is 52.3 Å². The summed E-state index contributed by atoms with van der Waals surface area (Å²) in [5, 5.41) is 0. The van der Waals surface area contributed by atoms with Gasteiger partial charge in [-0.2, -0.15) is 33.7 Å². The molecule has 0 aliphatic carbocycles. The van der Waals surface area contributed by atoms with Crippen molar-refractivity contribution < 1.29 is 61.5 Å². The van der Waals surface area contributed by atoms with Crippen LogP contribution in [0.5, 0.6) is 0 Å². The number of fused-ring (bicyclic) bond motifs is 2. The molecule has 8 rings (SSSR count). The van der Waals surface area contributed by atoms with Crippen molar-refractivity contribution in [2.24, 2.45) is 11.8 Å². The van der Waals surface area contributed by atoms with Crippen LogP contribution in [0.3, 0.4) is 0 Å². The van der Waals surface area contributed by atoms with Crippen LogP contribution in [0.25, 0.3) is 0 Å². The van der Waals surface area contributed by atoms with Crippen LogP contribution in [0.1, 0.15) is 92.9 Å². The average molecular weight is 1120 g/mol. The lowest BCUT2D eigenvalue weighted by Gasteiger charge is -2.16. The number of nitrogens with zero attached hydrogens (tertiary/aromatic N) is 2. The Labute approximate surface area is 447 Å². The first kappa shape index (κ1) is 60.8. The van der Waals surface area contributed by atoms with E-state index < -0.39 is 40.5 Å². The highest BCUT2D eigenvalue weighted by molar-refractivity contribution is 7.86. The second-order valence-corrected chi connectivity index (χ2v) is 25.7. The molecule has 4 N–H and O–H groups in total. The molecule has 6 aromatic carbocycles. The first-order valence-corrected chi connectivity index (χ1v) is 31.0. The van der Waals surface area contributed by atoms with Gasteiger partial charge in [-0.05, 0) is 131 Å². The van der Waals surface area contributed by atoms with Gasteiger partial charge in [0.15, 0.2) is 0 Å². The average Bonchev–Trinajstić information content (AvgIpc) is 3.87. The number of aryl methyl sites for hydroxylation is 4. The summed E-state index contributed by atoms with van der Waals surface area (Å²) in [6.45, 7) is 9.72. The number of carbonyl (C=O) groups is 2. The van der Waals surface area contributed by atoms with E-state index in [1.165, 1.54) is 11.1 Å². The Hall–Kier alpha value is -6.10. The van der Waals surface area contributed by atoms with E-state index in [4.69, 9.17) is 18.2 Å². The van der Waals surface area contributed by atoms with Crippen LogP contribution in [0.15, 0.2) is 146 Å². The number of hydrogen-bond donors (Lipinski definition) is 4. The Morgan fingerprint density at radius 2 is 0.605 bits per heavy atom. The minimum atomic E-state index is -3.96. The molecular weight excluding hydrogens is 1050 g/mol. The number of rotatable bonds is 18. The monoisotopic (exact) mass is 1120 g/mol. The minimum Gasteiger partial charge on any atom is -0.304 e. The number of anilines is 2. The molecule has 76 heavy (non-hydrogen) atoms. The fourth-order valence-electron chi connectivity index (χ4n) is 8.23. The molecule has 2 aliphatic rings. The van der Waals surface area contributed by atoms with E-state index in [2.05, 4.69) is 27.7 Å².